The largest absolute Gasteiger partial charge is 0.505 e. The number of carbonyl (C=O) groups excluding carboxylic acids is 1. The number of aromatic hydroxyl groups is 2. The van der Waals surface area contributed by atoms with Crippen molar-refractivity contribution in [1.82, 2.24) is 0 Å². The predicted molar refractivity (Wildman–Crippen MR) is 112 cm³/mol. The van der Waals surface area contributed by atoms with Crippen LogP contribution >= 0.6 is 0 Å². The van der Waals surface area contributed by atoms with Gasteiger partial charge in [-0.1, -0.05) is 12.1 Å². The molecule has 4 rings (SSSR count). The van der Waals surface area contributed by atoms with Gasteiger partial charge in [0.15, 0.2) is 23.1 Å². The highest BCUT2D eigenvalue weighted by Crippen LogP contribution is 2.39. The second-order valence-corrected chi connectivity index (χ2v) is 8.18. The van der Waals surface area contributed by atoms with E-state index in [-0.39, 0.29) is 17.0 Å². The topological polar surface area (TPSA) is 66.8 Å². The van der Waals surface area contributed by atoms with Crippen molar-refractivity contribution in [3.63, 3.8) is 0 Å². The molecule has 1 saturated carbocycles. The highest BCUT2D eigenvalue weighted by molar-refractivity contribution is 5.75. The number of esters is 1. The molecule has 0 amide bonds. The molecule has 1 aliphatic rings. The molecule has 1 fully saturated rings. The van der Waals surface area contributed by atoms with Crippen molar-refractivity contribution in [1.29, 1.82) is 0 Å². The molecule has 0 aliphatic heterocycles. The van der Waals surface area contributed by atoms with E-state index in [0.717, 1.165) is 30.3 Å². The summed E-state index contributed by atoms with van der Waals surface area (Å²) in [5, 5.41) is 18.4. The van der Waals surface area contributed by atoms with Gasteiger partial charge in [0.25, 0.3) is 0 Å². The summed E-state index contributed by atoms with van der Waals surface area (Å²) in [7, 11) is 0. The minimum atomic E-state index is -1.51. The van der Waals surface area contributed by atoms with Gasteiger partial charge in [0.1, 0.15) is 5.82 Å². The fraction of sp³-hybridized carbons (Fsp3) is 0.240. The Morgan fingerprint density at radius 2 is 1.38 bits per heavy atom. The molecule has 1 aliphatic carbocycles. The average molecular weight is 478 g/mol. The van der Waals surface area contributed by atoms with Gasteiger partial charge in [-0.25, -0.2) is 8.78 Å². The first-order valence-corrected chi connectivity index (χ1v) is 10.5. The van der Waals surface area contributed by atoms with Crippen LogP contribution in [0.3, 0.4) is 0 Å². The number of halogens is 5. The fourth-order valence-electron chi connectivity index (χ4n) is 4.22. The van der Waals surface area contributed by atoms with Crippen molar-refractivity contribution in [3.8, 4) is 28.4 Å². The summed E-state index contributed by atoms with van der Waals surface area (Å²) < 4.78 is 74.8. The Bertz CT molecular complexity index is 1250. The first-order chi connectivity index (χ1) is 16.2. The second-order valence-electron chi connectivity index (χ2n) is 8.18. The molecule has 0 aromatic heterocycles. The Labute approximate surface area is 191 Å². The van der Waals surface area contributed by atoms with E-state index < -0.39 is 58.2 Å². The van der Waals surface area contributed by atoms with E-state index in [9.17, 15) is 31.9 Å². The molecule has 4 nitrogen and oxygen atoms in total. The molecule has 0 saturated heterocycles. The van der Waals surface area contributed by atoms with Gasteiger partial charge in [-0.2, -0.15) is 13.2 Å². The molecule has 2 N–H and O–H groups in total. The summed E-state index contributed by atoms with van der Waals surface area (Å²) >= 11 is 0. The first-order valence-electron chi connectivity index (χ1n) is 10.5. The molecule has 0 bridgehead atoms. The number of carbonyl (C=O) groups is 1. The zero-order valence-corrected chi connectivity index (χ0v) is 17.6. The molecular formula is C25H19F5O4. The smallest absolute Gasteiger partial charge is 0.314 e. The van der Waals surface area contributed by atoms with E-state index in [1.54, 1.807) is 0 Å². The molecule has 34 heavy (non-hydrogen) atoms. The molecule has 3 aromatic rings. The molecule has 0 heterocycles. The summed E-state index contributed by atoms with van der Waals surface area (Å²) in [5.41, 5.74) is 0.282. The first kappa shape index (κ1) is 23.5. The van der Waals surface area contributed by atoms with E-state index in [1.165, 1.54) is 12.1 Å². The average Bonchev–Trinajstić information content (AvgIpc) is 2.83. The Hall–Kier alpha value is -3.62. The number of phenolic OH excluding ortho intramolecular Hbond substituents is 2. The van der Waals surface area contributed by atoms with E-state index in [4.69, 9.17) is 9.84 Å². The van der Waals surface area contributed by atoms with Crippen molar-refractivity contribution in [2.45, 2.75) is 31.6 Å². The van der Waals surface area contributed by atoms with Gasteiger partial charge in [0.05, 0.1) is 5.92 Å². The van der Waals surface area contributed by atoms with E-state index in [1.807, 2.05) is 0 Å². The summed E-state index contributed by atoms with van der Waals surface area (Å²) in [4.78, 5) is 12.4. The molecule has 9 heteroatoms. The van der Waals surface area contributed by atoms with E-state index in [0.29, 0.717) is 31.2 Å². The van der Waals surface area contributed by atoms with E-state index in [2.05, 4.69) is 0 Å². The number of hydrogen-bond acceptors (Lipinski definition) is 4. The highest BCUT2D eigenvalue weighted by atomic mass is 19.2. The van der Waals surface area contributed by atoms with Gasteiger partial charge in [0.2, 0.25) is 17.5 Å². The van der Waals surface area contributed by atoms with Crippen LogP contribution in [-0.4, -0.2) is 16.2 Å². The summed E-state index contributed by atoms with van der Waals surface area (Å²) in [6, 6.07) is 8.00. The predicted octanol–water partition coefficient (Wildman–Crippen LogP) is 6.34. The van der Waals surface area contributed by atoms with Crippen LogP contribution in [0, 0.1) is 35.0 Å². The Morgan fingerprint density at radius 1 is 0.765 bits per heavy atom. The maximum absolute atomic E-state index is 14.8. The quantitative estimate of drug-likeness (QED) is 0.261. The van der Waals surface area contributed by atoms with Crippen LogP contribution in [0.4, 0.5) is 22.0 Å². The van der Waals surface area contributed by atoms with Crippen LogP contribution in [-0.2, 0) is 4.79 Å². The number of rotatable bonds is 4. The van der Waals surface area contributed by atoms with Gasteiger partial charge in [-0.3, -0.25) is 4.79 Å². The van der Waals surface area contributed by atoms with Crippen molar-refractivity contribution >= 4 is 5.97 Å². The third kappa shape index (κ3) is 4.42. The lowest BCUT2D eigenvalue weighted by molar-refractivity contribution is -0.140. The lowest BCUT2D eigenvalue weighted by Crippen LogP contribution is -2.25. The van der Waals surface area contributed by atoms with Gasteiger partial charge >= 0.3 is 5.97 Å². The third-order valence-corrected chi connectivity index (χ3v) is 6.11. The minimum Gasteiger partial charge on any atom is -0.505 e. The van der Waals surface area contributed by atoms with Crippen molar-refractivity contribution < 1.29 is 41.7 Å². The normalized spacial score (nSPS) is 18.0. The minimum absolute atomic E-state index is 0.109. The van der Waals surface area contributed by atoms with Gasteiger partial charge in [-0.15, -0.1) is 0 Å². The molecular weight excluding hydrogens is 459 g/mol. The van der Waals surface area contributed by atoms with Gasteiger partial charge in [0, 0.05) is 5.56 Å². The van der Waals surface area contributed by atoms with E-state index >= 15 is 0 Å². The lowest BCUT2D eigenvalue weighted by Gasteiger charge is -2.28. The van der Waals surface area contributed by atoms with Crippen molar-refractivity contribution in [3.05, 3.63) is 77.1 Å². The summed E-state index contributed by atoms with van der Waals surface area (Å²) in [5.74, 6) is -10.2. The summed E-state index contributed by atoms with van der Waals surface area (Å²) in [6.45, 7) is 0. The van der Waals surface area contributed by atoms with Gasteiger partial charge in [-0.05, 0) is 73.1 Å². The fourth-order valence-corrected chi connectivity index (χ4v) is 4.22. The number of benzene rings is 3. The lowest BCUT2D eigenvalue weighted by atomic mass is 9.78. The number of hydrogen-bond donors (Lipinski definition) is 2. The molecule has 0 radical (unpaired) electrons. The van der Waals surface area contributed by atoms with Gasteiger partial charge < -0.3 is 14.9 Å². The van der Waals surface area contributed by atoms with Crippen molar-refractivity contribution in [2.75, 3.05) is 0 Å². The molecule has 178 valence electrons. The maximum Gasteiger partial charge on any atom is 0.314 e. The molecule has 0 spiro atoms. The third-order valence-electron chi connectivity index (χ3n) is 6.11. The Morgan fingerprint density at radius 3 is 2.03 bits per heavy atom. The molecule has 3 aromatic carbocycles. The standard InChI is InChI=1S/C25H19F5O4/c26-17-11-14(16-7-8-18(31)22(28)21(16)27)5-6-15(17)12-1-3-13(4-2-12)25(33)34-20-10-9-19(32)23(29)24(20)30/h5-13,31-32H,1-4H2. The van der Waals surface area contributed by atoms with Crippen LogP contribution in [0.1, 0.15) is 37.2 Å². The maximum atomic E-state index is 14.8. The second kappa shape index (κ2) is 9.32. The zero-order valence-electron chi connectivity index (χ0n) is 17.6. The Balaban J connectivity index is 1.43. The number of ether oxygens (including phenoxy) is 1. The van der Waals surface area contributed by atoms with Crippen LogP contribution in [0.15, 0.2) is 42.5 Å². The molecule has 0 unspecified atom stereocenters. The monoisotopic (exact) mass is 478 g/mol. The molecule has 0 atom stereocenters. The zero-order chi connectivity index (χ0) is 24.6. The van der Waals surface area contributed by atoms with Crippen molar-refractivity contribution in [2.24, 2.45) is 5.92 Å². The number of phenols is 2. The Kier molecular flexibility index (Phi) is 6.45. The van der Waals surface area contributed by atoms with Crippen LogP contribution < -0.4 is 4.74 Å². The highest BCUT2D eigenvalue weighted by Gasteiger charge is 2.31. The summed E-state index contributed by atoms with van der Waals surface area (Å²) in [6.07, 6.45) is 1.49. The SMILES string of the molecule is O=C(Oc1ccc(O)c(F)c1F)C1CCC(c2ccc(-c3ccc(O)c(F)c3F)cc2F)CC1. The van der Waals surface area contributed by atoms with Crippen LogP contribution in [0.5, 0.6) is 17.2 Å². The van der Waals surface area contributed by atoms with Crippen LogP contribution in [0.25, 0.3) is 11.1 Å². The van der Waals surface area contributed by atoms with Crippen LogP contribution in [0.2, 0.25) is 0 Å².